The fourth-order valence-corrected chi connectivity index (χ4v) is 4.31. The molecule has 8 nitrogen and oxygen atoms in total. The minimum atomic E-state index is -1.08. The smallest absolute Gasteiger partial charge is 0.296 e. The monoisotopic (exact) mass is 484 g/mol. The molecule has 2 heterocycles. The lowest BCUT2D eigenvalue weighted by Gasteiger charge is -2.27. The van der Waals surface area contributed by atoms with Gasteiger partial charge in [0.1, 0.15) is 12.1 Å². The van der Waals surface area contributed by atoms with Gasteiger partial charge in [0.05, 0.1) is 0 Å². The van der Waals surface area contributed by atoms with E-state index < -0.39 is 29.7 Å². The fraction of sp³-hybridized carbons (Fsp3) is 0.250. The van der Waals surface area contributed by atoms with Gasteiger partial charge in [-0.15, -0.1) is 0 Å². The van der Waals surface area contributed by atoms with Crippen LogP contribution in [0.4, 0.5) is 5.69 Å². The molecule has 0 bridgehead atoms. The molecule has 2 atom stereocenters. The molecule has 1 aliphatic heterocycles. The molecule has 0 aliphatic carbocycles. The number of hydrogen-bond acceptors (Lipinski definition) is 5. The number of carbonyl (C=O) groups excluding carboxylic acids is 4. The van der Waals surface area contributed by atoms with Crippen molar-refractivity contribution in [3.8, 4) is 0 Å². The predicted molar refractivity (Wildman–Crippen MR) is 135 cm³/mol. The van der Waals surface area contributed by atoms with Crippen LogP contribution in [0.3, 0.4) is 0 Å². The summed E-state index contributed by atoms with van der Waals surface area (Å²) in [5.74, 6) is -2.03. The third-order valence-electron chi connectivity index (χ3n) is 6.31. The maximum atomic E-state index is 13.4. The lowest BCUT2D eigenvalue weighted by molar-refractivity contribution is -0.140. The van der Waals surface area contributed by atoms with Gasteiger partial charge in [-0.1, -0.05) is 60.7 Å². The summed E-state index contributed by atoms with van der Waals surface area (Å²) in [6, 6.07) is 20.1. The Morgan fingerprint density at radius 3 is 2.22 bits per heavy atom. The minimum absolute atomic E-state index is 0.113. The highest BCUT2D eigenvalue weighted by Gasteiger charge is 2.38. The number of likely N-dealkylation sites (N-methyl/N-ethyl adjacent to an activating group) is 1. The Bertz CT molecular complexity index is 1220. The standard InChI is InChI=1S/C28H28N4O4/c1-31(22-14-16-29-17-15-22)28(36)26(34)23(18-20-8-4-2-5-9-20)30-27(35)24-12-13-25(33)32(24)19-21-10-6-3-7-11-21/h2-11,14-17,23-24H,12-13,18-19H2,1H3,(H,30,35)/t23?,24-/m0/s1. The van der Waals surface area contributed by atoms with Gasteiger partial charge in [0.25, 0.3) is 5.91 Å². The summed E-state index contributed by atoms with van der Waals surface area (Å²) in [5, 5.41) is 2.79. The first-order chi connectivity index (χ1) is 17.4. The summed E-state index contributed by atoms with van der Waals surface area (Å²) in [4.78, 5) is 59.1. The number of rotatable bonds is 9. The van der Waals surface area contributed by atoms with Gasteiger partial charge >= 0.3 is 0 Å². The molecule has 1 aliphatic rings. The summed E-state index contributed by atoms with van der Waals surface area (Å²) in [7, 11) is 1.51. The number of hydrogen-bond donors (Lipinski definition) is 1. The van der Waals surface area contributed by atoms with Crippen molar-refractivity contribution < 1.29 is 19.2 Å². The fourth-order valence-electron chi connectivity index (χ4n) is 4.31. The lowest BCUT2D eigenvalue weighted by atomic mass is 10.0. The minimum Gasteiger partial charge on any atom is -0.344 e. The maximum Gasteiger partial charge on any atom is 0.296 e. The van der Waals surface area contributed by atoms with E-state index in [1.807, 2.05) is 60.7 Å². The van der Waals surface area contributed by atoms with E-state index in [0.717, 1.165) is 11.1 Å². The summed E-state index contributed by atoms with van der Waals surface area (Å²) in [6.07, 6.45) is 3.83. The van der Waals surface area contributed by atoms with Gasteiger partial charge in [-0.25, -0.2) is 0 Å². The highest BCUT2D eigenvalue weighted by Crippen LogP contribution is 2.22. The Labute approximate surface area is 209 Å². The lowest BCUT2D eigenvalue weighted by Crippen LogP contribution is -2.53. The Morgan fingerprint density at radius 2 is 1.58 bits per heavy atom. The second kappa shape index (κ2) is 11.4. The summed E-state index contributed by atoms with van der Waals surface area (Å²) in [5.41, 5.74) is 2.24. The maximum absolute atomic E-state index is 13.4. The Kier molecular flexibility index (Phi) is 7.85. The van der Waals surface area contributed by atoms with Crippen molar-refractivity contribution in [2.75, 3.05) is 11.9 Å². The molecule has 184 valence electrons. The summed E-state index contributed by atoms with van der Waals surface area (Å²) < 4.78 is 0. The Hall–Kier alpha value is -4.33. The van der Waals surface area contributed by atoms with E-state index in [2.05, 4.69) is 10.3 Å². The van der Waals surface area contributed by atoms with Crippen LogP contribution in [0.1, 0.15) is 24.0 Å². The largest absolute Gasteiger partial charge is 0.344 e. The van der Waals surface area contributed by atoms with Gasteiger partial charge in [0.15, 0.2) is 0 Å². The number of amides is 3. The van der Waals surface area contributed by atoms with Gasteiger partial charge in [0, 0.05) is 44.5 Å². The highest BCUT2D eigenvalue weighted by atomic mass is 16.2. The normalized spacial score (nSPS) is 15.9. The van der Waals surface area contributed by atoms with E-state index in [4.69, 9.17) is 0 Å². The molecular formula is C28H28N4O4. The molecule has 1 N–H and O–H groups in total. The van der Waals surface area contributed by atoms with E-state index in [0.29, 0.717) is 18.7 Å². The van der Waals surface area contributed by atoms with E-state index in [-0.39, 0.29) is 18.7 Å². The molecule has 0 spiro atoms. The zero-order chi connectivity index (χ0) is 25.5. The molecule has 3 amide bonds. The molecule has 1 aromatic heterocycles. The molecule has 0 radical (unpaired) electrons. The first kappa shape index (κ1) is 24.8. The average molecular weight is 485 g/mol. The van der Waals surface area contributed by atoms with E-state index in [1.165, 1.54) is 24.3 Å². The van der Waals surface area contributed by atoms with Gasteiger partial charge in [-0.3, -0.25) is 24.2 Å². The van der Waals surface area contributed by atoms with Crippen LogP contribution in [0.25, 0.3) is 0 Å². The van der Waals surface area contributed by atoms with Crippen LogP contribution in [-0.2, 0) is 32.1 Å². The number of aromatic nitrogens is 1. The Morgan fingerprint density at radius 1 is 0.972 bits per heavy atom. The van der Waals surface area contributed by atoms with Crippen LogP contribution in [0.15, 0.2) is 85.2 Å². The zero-order valence-corrected chi connectivity index (χ0v) is 20.0. The topological polar surface area (TPSA) is 99.7 Å². The van der Waals surface area contributed by atoms with Crippen molar-refractivity contribution in [3.05, 3.63) is 96.3 Å². The summed E-state index contributed by atoms with van der Waals surface area (Å²) in [6.45, 7) is 0.304. The number of likely N-dealkylation sites (tertiary alicyclic amines) is 1. The SMILES string of the molecule is CN(C(=O)C(=O)C(Cc1ccccc1)NC(=O)[C@@H]1CCC(=O)N1Cc1ccccc1)c1ccncc1. The number of benzene rings is 2. The van der Waals surface area contributed by atoms with Crippen LogP contribution in [0.5, 0.6) is 0 Å². The molecule has 4 rings (SSSR count). The van der Waals surface area contributed by atoms with Crippen LogP contribution in [-0.4, -0.2) is 52.5 Å². The number of nitrogens with one attached hydrogen (secondary N) is 1. The van der Waals surface area contributed by atoms with Gasteiger partial charge in [-0.05, 0) is 29.7 Å². The first-order valence-electron chi connectivity index (χ1n) is 11.8. The van der Waals surface area contributed by atoms with Crippen molar-refractivity contribution in [2.24, 2.45) is 0 Å². The molecule has 36 heavy (non-hydrogen) atoms. The van der Waals surface area contributed by atoms with E-state index >= 15 is 0 Å². The molecular weight excluding hydrogens is 456 g/mol. The first-order valence-corrected chi connectivity index (χ1v) is 11.8. The average Bonchev–Trinajstić information content (AvgIpc) is 3.28. The highest BCUT2D eigenvalue weighted by molar-refractivity contribution is 6.43. The van der Waals surface area contributed by atoms with Crippen molar-refractivity contribution >= 4 is 29.2 Å². The molecule has 8 heteroatoms. The third-order valence-corrected chi connectivity index (χ3v) is 6.31. The zero-order valence-electron chi connectivity index (χ0n) is 20.0. The van der Waals surface area contributed by atoms with Crippen molar-refractivity contribution in [1.29, 1.82) is 0 Å². The second-order valence-electron chi connectivity index (χ2n) is 8.75. The van der Waals surface area contributed by atoms with Gasteiger partial charge in [-0.2, -0.15) is 0 Å². The molecule has 1 saturated heterocycles. The quantitative estimate of drug-likeness (QED) is 0.471. The predicted octanol–water partition coefficient (Wildman–Crippen LogP) is 2.53. The van der Waals surface area contributed by atoms with Crippen LogP contribution in [0, 0.1) is 0 Å². The van der Waals surface area contributed by atoms with Crippen LogP contribution in [0.2, 0.25) is 0 Å². The van der Waals surface area contributed by atoms with Crippen LogP contribution >= 0.6 is 0 Å². The van der Waals surface area contributed by atoms with Crippen molar-refractivity contribution in [2.45, 2.75) is 37.9 Å². The van der Waals surface area contributed by atoms with Gasteiger partial charge in [0.2, 0.25) is 17.6 Å². The molecule has 1 fully saturated rings. The van der Waals surface area contributed by atoms with Crippen LogP contribution < -0.4 is 10.2 Å². The molecule has 0 saturated carbocycles. The van der Waals surface area contributed by atoms with E-state index in [1.54, 1.807) is 17.0 Å². The van der Waals surface area contributed by atoms with Gasteiger partial charge < -0.3 is 15.1 Å². The molecule has 2 aromatic carbocycles. The molecule has 3 aromatic rings. The molecule has 1 unspecified atom stereocenters. The number of Topliss-reactive ketones (excluding diaryl/α,β-unsaturated/α-hetero) is 1. The van der Waals surface area contributed by atoms with Crippen molar-refractivity contribution in [1.82, 2.24) is 15.2 Å². The number of pyridine rings is 1. The summed E-state index contributed by atoms with van der Waals surface area (Å²) >= 11 is 0. The number of ketones is 1. The number of carbonyl (C=O) groups is 4. The van der Waals surface area contributed by atoms with Crippen molar-refractivity contribution in [3.63, 3.8) is 0 Å². The van der Waals surface area contributed by atoms with E-state index in [9.17, 15) is 19.2 Å². The number of nitrogens with zero attached hydrogens (tertiary/aromatic N) is 3. The second-order valence-corrected chi connectivity index (χ2v) is 8.75. The third kappa shape index (κ3) is 5.83. The Balaban J connectivity index is 1.53. The number of anilines is 1.